The first-order valence-electron chi connectivity index (χ1n) is 10.1. The molecule has 2 aromatic heterocycles. The molecule has 4 rings (SSSR count). The second kappa shape index (κ2) is 9.22. The summed E-state index contributed by atoms with van der Waals surface area (Å²) in [5.74, 6) is 0.964. The molecule has 0 spiro atoms. The van der Waals surface area contributed by atoms with Crippen LogP contribution in [0.15, 0.2) is 60.0 Å². The van der Waals surface area contributed by atoms with E-state index >= 15 is 0 Å². The lowest BCUT2D eigenvalue weighted by Crippen LogP contribution is -2.38. The number of piperidine rings is 1. The SMILES string of the molecule is CCn1c(S[C@H](C(=O)N2CCCCC2)c2ccccc2)nnc1-c1ccncc1. The van der Waals surface area contributed by atoms with Crippen molar-refractivity contribution in [3.8, 4) is 11.4 Å². The molecule has 0 radical (unpaired) electrons. The number of hydrogen-bond donors (Lipinski definition) is 0. The van der Waals surface area contributed by atoms with Crippen LogP contribution in [0, 0.1) is 0 Å². The van der Waals surface area contributed by atoms with Gasteiger partial charge in [-0.2, -0.15) is 0 Å². The summed E-state index contributed by atoms with van der Waals surface area (Å²) in [5, 5.41) is 9.29. The fraction of sp³-hybridized carbons (Fsp3) is 0.364. The van der Waals surface area contributed by atoms with Gasteiger partial charge < -0.3 is 9.47 Å². The molecular formula is C22H25N5OS. The molecule has 1 aliphatic rings. The Morgan fingerprint density at radius 1 is 1.03 bits per heavy atom. The maximum Gasteiger partial charge on any atom is 0.240 e. The van der Waals surface area contributed by atoms with Crippen molar-refractivity contribution in [3.05, 3.63) is 60.4 Å². The number of carbonyl (C=O) groups is 1. The number of aromatic nitrogens is 4. The van der Waals surface area contributed by atoms with Crippen molar-refractivity contribution in [1.29, 1.82) is 0 Å². The number of rotatable bonds is 6. The molecule has 29 heavy (non-hydrogen) atoms. The fourth-order valence-electron chi connectivity index (χ4n) is 3.65. The molecule has 7 heteroatoms. The highest BCUT2D eigenvalue weighted by molar-refractivity contribution is 8.00. The van der Waals surface area contributed by atoms with Crippen LogP contribution in [0.1, 0.15) is 37.0 Å². The average molecular weight is 408 g/mol. The second-order valence-corrected chi connectivity index (χ2v) is 8.15. The predicted octanol–water partition coefficient (Wildman–Crippen LogP) is 4.21. The zero-order valence-electron chi connectivity index (χ0n) is 16.6. The molecule has 1 atom stereocenters. The smallest absolute Gasteiger partial charge is 0.240 e. The molecular weight excluding hydrogens is 382 g/mol. The van der Waals surface area contributed by atoms with Crippen LogP contribution in [0.2, 0.25) is 0 Å². The van der Waals surface area contributed by atoms with E-state index in [1.54, 1.807) is 12.4 Å². The zero-order valence-corrected chi connectivity index (χ0v) is 17.4. The Balaban J connectivity index is 1.66. The zero-order chi connectivity index (χ0) is 20.1. The van der Waals surface area contributed by atoms with Gasteiger partial charge in [0.15, 0.2) is 11.0 Å². The van der Waals surface area contributed by atoms with Crippen LogP contribution in [-0.2, 0) is 11.3 Å². The van der Waals surface area contributed by atoms with E-state index in [1.165, 1.54) is 18.2 Å². The molecule has 1 aromatic carbocycles. The molecule has 0 aliphatic carbocycles. The van der Waals surface area contributed by atoms with E-state index in [9.17, 15) is 4.79 Å². The molecule has 150 valence electrons. The minimum atomic E-state index is -0.325. The standard InChI is InChI=1S/C22H25N5OS/c1-2-27-20(18-11-13-23-14-12-18)24-25-22(27)29-19(17-9-5-3-6-10-17)21(28)26-15-7-4-8-16-26/h3,5-6,9-14,19H,2,4,7-8,15-16H2,1H3/t19-/m0/s1. The maximum atomic E-state index is 13.4. The summed E-state index contributed by atoms with van der Waals surface area (Å²) in [7, 11) is 0. The summed E-state index contributed by atoms with van der Waals surface area (Å²) < 4.78 is 2.07. The summed E-state index contributed by atoms with van der Waals surface area (Å²) in [5.41, 5.74) is 1.98. The van der Waals surface area contributed by atoms with Crippen molar-refractivity contribution in [2.75, 3.05) is 13.1 Å². The van der Waals surface area contributed by atoms with E-state index in [-0.39, 0.29) is 11.2 Å². The van der Waals surface area contributed by atoms with Gasteiger partial charge in [0.1, 0.15) is 5.25 Å². The number of carbonyl (C=O) groups excluding carboxylic acids is 1. The third-order valence-electron chi connectivity index (χ3n) is 5.19. The van der Waals surface area contributed by atoms with E-state index < -0.39 is 0 Å². The van der Waals surface area contributed by atoms with Gasteiger partial charge in [-0.15, -0.1) is 10.2 Å². The number of amides is 1. The molecule has 0 bridgehead atoms. The third kappa shape index (κ3) is 4.34. The van der Waals surface area contributed by atoms with Gasteiger partial charge in [-0.05, 0) is 43.9 Å². The monoisotopic (exact) mass is 407 g/mol. The Morgan fingerprint density at radius 3 is 2.45 bits per heavy atom. The summed E-state index contributed by atoms with van der Waals surface area (Å²) in [6.07, 6.45) is 6.86. The highest BCUT2D eigenvalue weighted by atomic mass is 32.2. The van der Waals surface area contributed by atoms with Crippen LogP contribution in [-0.4, -0.2) is 43.6 Å². The summed E-state index contributed by atoms with van der Waals surface area (Å²) in [6.45, 7) is 4.48. The van der Waals surface area contributed by atoms with Crippen molar-refractivity contribution in [1.82, 2.24) is 24.6 Å². The molecule has 6 nitrogen and oxygen atoms in total. The van der Waals surface area contributed by atoms with Crippen LogP contribution >= 0.6 is 11.8 Å². The second-order valence-electron chi connectivity index (χ2n) is 7.08. The lowest BCUT2D eigenvalue weighted by Gasteiger charge is -2.30. The minimum Gasteiger partial charge on any atom is -0.341 e. The Morgan fingerprint density at radius 2 is 1.76 bits per heavy atom. The molecule has 1 aliphatic heterocycles. The van der Waals surface area contributed by atoms with Gasteiger partial charge in [-0.25, -0.2) is 0 Å². The predicted molar refractivity (Wildman–Crippen MR) is 114 cm³/mol. The number of likely N-dealkylation sites (tertiary alicyclic amines) is 1. The largest absolute Gasteiger partial charge is 0.341 e. The van der Waals surface area contributed by atoms with E-state index in [0.29, 0.717) is 0 Å². The molecule has 0 unspecified atom stereocenters. The van der Waals surface area contributed by atoms with Crippen LogP contribution in [0.3, 0.4) is 0 Å². The molecule has 3 heterocycles. The van der Waals surface area contributed by atoms with Gasteiger partial charge in [0, 0.05) is 37.6 Å². The van der Waals surface area contributed by atoms with Crippen LogP contribution in [0.5, 0.6) is 0 Å². The fourth-order valence-corrected chi connectivity index (χ4v) is 4.83. The molecule has 0 N–H and O–H groups in total. The average Bonchev–Trinajstić information content (AvgIpc) is 3.21. The molecule has 1 amide bonds. The van der Waals surface area contributed by atoms with Gasteiger partial charge in [-0.3, -0.25) is 9.78 Å². The Kier molecular flexibility index (Phi) is 6.24. The van der Waals surface area contributed by atoms with Crippen molar-refractivity contribution >= 4 is 17.7 Å². The topological polar surface area (TPSA) is 63.9 Å². The van der Waals surface area contributed by atoms with Crippen molar-refractivity contribution in [2.45, 2.75) is 43.1 Å². The Hall–Kier alpha value is -2.67. The summed E-state index contributed by atoms with van der Waals surface area (Å²) >= 11 is 1.49. The summed E-state index contributed by atoms with van der Waals surface area (Å²) in [6, 6.07) is 13.9. The van der Waals surface area contributed by atoms with Crippen LogP contribution < -0.4 is 0 Å². The van der Waals surface area contributed by atoms with E-state index in [0.717, 1.165) is 54.6 Å². The third-order valence-corrected chi connectivity index (χ3v) is 6.41. The quantitative estimate of drug-likeness (QED) is 0.573. The highest BCUT2D eigenvalue weighted by Gasteiger charge is 2.30. The van der Waals surface area contributed by atoms with Gasteiger partial charge in [0.25, 0.3) is 0 Å². The van der Waals surface area contributed by atoms with E-state index in [2.05, 4.69) is 26.7 Å². The number of nitrogens with zero attached hydrogens (tertiary/aromatic N) is 5. The number of benzene rings is 1. The number of hydrogen-bond acceptors (Lipinski definition) is 5. The Bertz CT molecular complexity index is 938. The first-order valence-corrected chi connectivity index (χ1v) is 11.0. The van der Waals surface area contributed by atoms with E-state index in [1.807, 2.05) is 47.4 Å². The van der Waals surface area contributed by atoms with Crippen LogP contribution in [0.4, 0.5) is 0 Å². The molecule has 0 saturated carbocycles. The van der Waals surface area contributed by atoms with Crippen molar-refractivity contribution < 1.29 is 4.79 Å². The van der Waals surface area contributed by atoms with Gasteiger partial charge in [0.05, 0.1) is 0 Å². The van der Waals surface area contributed by atoms with Gasteiger partial charge in [-0.1, -0.05) is 42.1 Å². The minimum absolute atomic E-state index is 0.164. The number of thioether (sulfide) groups is 1. The van der Waals surface area contributed by atoms with Gasteiger partial charge in [0.2, 0.25) is 5.91 Å². The highest BCUT2D eigenvalue weighted by Crippen LogP contribution is 2.37. The van der Waals surface area contributed by atoms with Crippen molar-refractivity contribution in [2.24, 2.45) is 0 Å². The first-order chi connectivity index (χ1) is 14.3. The lowest BCUT2D eigenvalue weighted by molar-refractivity contribution is -0.131. The summed E-state index contributed by atoms with van der Waals surface area (Å²) in [4.78, 5) is 19.5. The van der Waals surface area contributed by atoms with E-state index in [4.69, 9.17) is 0 Å². The first kappa shape index (κ1) is 19.6. The maximum absolute atomic E-state index is 13.4. The van der Waals surface area contributed by atoms with Crippen molar-refractivity contribution in [3.63, 3.8) is 0 Å². The van der Waals surface area contributed by atoms with Gasteiger partial charge >= 0.3 is 0 Å². The Labute approximate surface area is 175 Å². The molecule has 3 aromatic rings. The normalized spacial score (nSPS) is 15.3. The molecule has 1 saturated heterocycles. The van der Waals surface area contributed by atoms with Crippen LogP contribution in [0.25, 0.3) is 11.4 Å². The lowest BCUT2D eigenvalue weighted by atomic mass is 10.1. The molecule has 1 fully saturated rings. The number of pyridine rings is 1.